The van der Waals surface area contributed by atoms with Crippen molar-refractivity contribution < 1.29 is 9.53 Å². The molecular weight excluding hydrogens is 346 g/mol. The topological polar surface area (TPSA) is 78.2 Å². The number of carbonyl (C=O) groups is 1. The Balaban J connectivity index is 1.86. The van der Waals surface area contributed by atoms with Crippen LogP contribution in [0.2, 0.25) is 0 Å². The highest BCUT2D eigenvalue weighted by atomic mass is 16.5. The van der Waals surface area contributed by atoms with Crippen molar-refractivity contribution in [2.75, 3.05) is 71.5 Å². The van der Waals surface area contributed by atoms with E-state index in [1.165, 1.54) is 0 Å². The first kappa shape index (κ1) is 21.2. The molecule has 9 heteroatoms. The molecule has 2 rings (SSSR count). The third-order valence-corrected chi connectivity index (χ3v) is 4.49. The summed E-state index contributed by atoms with van der Waals surface area (Å²) in [5, 5.41) is 7.46. The minimum Gasteiger partial charge on any atom is -0.383 e. The number of amides is 1. The Hall–Kier alpha value is -2.13. The van der Waals surface area contributed by atoms with Gasteiger partial charge < -0.3 is 24.8 Å². The molecule has 2 heterocycles. The zero-order valence-electron chi connectivity index (χ0n) is 17.0. The highest BCUT2D eigenvalue weighted by Gasteiger charge is 2.27. The van der Waals surface area contributed by atoms with Crippen LogP contribution in [0, 0.1) is 0 Å². The number of aliphatic imine (C=N–C) groups is 1. The van der Waals surface area contributed by atoms with Gasteiger partial charge in [-0.1, -0.05) is 0 Å². The maximum atomic E-state index is 12.6. The molecule has 9 nitrogen and oxygen atoms in total. The highest BCUT2D eigenvalue weighted by Crippen LogP contribution is 2.16. The number of hydrogen-bond acceptors (Lipinski definition) is 5. The molecule has 1 fully saturated rings. The second-order valence-electron chi connectivity index (χ2n) is 6.72. The number of ether oxygens (including phenoxy) is 1. The van der Waals surface area contributed by atoms with Gasteiger partial charge in [-0.15, -0.1) is 0 Å². The van der Waals surface area contributed by atoms with Crippen molar-refractivity contribution in [2.45, 2.75) is 13.3 Å². The number of carbonyl (C=O) groups excluding carboxylic acids is 1. The number of guanidine groups is 1. The van der Waals surface area contributed by atoms with Crippen LogP contribution in [-0.2, 0) is 16.6 Å². The molecule has 1 amide bonds. The lowest BCUT2D eigenvalue weighted by molar-refractivity contribution is -0.120. The van der Waals surface area contributed by atoms with Gasteiger partial charge in [0.25, 0.3) is 0 Å². The molecule has 0 saturated carbocycles. The smallest absolute Gasteiger partial charge is 0.246 e. The third-order valence-electron chi connectivity index (χ3n) is 4.49. The van der Waals surface area contributed by atoms with Crippen molar-refractivity contribution in [1.29, 1.82) is 0 Å². The van der Waals surface area contributed by atoms with Crippen LogP contribution in [0.1, 0.15) is 13.3 Å². The number of anilines is 1. The number of piperazine rings is 1. The molecule has 0 unspecified atom stereocenters. The van der Waals surface area contributed by atoms with Gasteiger partial charge in [-0.25, -0.2) is 0 Å². The maximum absolute atomic E-state index is 12.6. The molecule has 1 aromatic rings. The fourth-order valence-corrected chi connectivity index (χ4v) is 2.99. The molecule has 0 aromatic carbocycles. The molecular formula is C18H33N7O2. The highest BCUT2D eigenvalue weighted by molar-refractivity contribution is 5.98. The van der Waals surface area contributed by atoms with E-state index < -0.39 is 0 Å². The molecule has 152 valence electrons. The van der Waals surface area contributed by atoms with Crippen molar-refractivity contribution in [2.24, 2.45) is 12.0 Å². The zero-order chi connectivity index (χ0) is 19.6. The van der Waals surface area contributed by atoms with E-state index in [1.54, 1.807) is 22.9 Å². The number of methoxy groups -OCH3 is 1. The van der Waals surface area contributed by atoms with Gasteiger partial charge in [0.1, 0.15) is 6.54 Å². The summed E-state index contributed by atoms with van der Waals surface area (Å²) in [6, 6.07) is 0. The molecule has 1 aromatic heterocycles. The molecule has 0 radical (unpaired) electrons. The van der Waals surface area contributed by atoms with Gasteiger partial charge in [0.05, 0.1) is 18.5 Å². The molecule has 1 aliphatic heterocycles. The van der Waals surface area contributed by atoms with Crippen LogP contribution in [0.5, 0.6) is 0 Å². The standard InChI is InChI=1S/C18H33N7O2/c1-5-19-18(20-7-6-8-22(2)11-12-27-4)24-9-10-25(17(26)15-24)16-13-21-23(3)14-16/h13-14H,5-12,15H2,1-4H3,(H,19,20). The Morgan fingerprint density at radius 2 is 2.22 bits per heavy atom. The molecule has 1 saturated heterocycles. The fourth-order valence-electron chi connectivity index (χ4n) is 2.99. The average molecular weight is 380 g/mol. The van der Waals surface area contributed by atoms with E-state index in [0.717, 1.165) is 57.4 Å². The second-order valence-corrected chi connectivity index (χ2v) is 6.72. The lowest BCUT2D eigenvalue weighted by atomic mass is 10.3. The summed E-state index contributed by atoms with van der Waals surface area (Å²) in [7, 11) is 5.66. The molecule has 0 atom stereocenters. The van der Waals surface area contributed by atoms with Crippen molar-refractivity contribution >= 4 is 17.6 Å². The van der Waals surface area contributed by atoms with Crippen molar-refractivity contribution in [3.05, 3.63) is 12.4 Å². The van der Waals surface area contributed by atoms with Crippen LogP contribution >= 0.6 is 0 Å². The minimum atomic E-state index is 0.0687. The number of nitrogens with one attached hydrogen (secondary N) is 1. The number of aryl methyl sites for hydroxylation is 1. The third kappa shape index (κ3) is 6.51. The lowest BCUT2D eigenvalue weighted by Gasteiger charge is -2.35. The predicted octanol–water partition coefficient (Wildman–Crippen LogP) is 0.00250. The number of rotatable bonds is 9. The van der Waals surface area contributed by atoms with E-state index in [1.807, 2.05) is 25.1 Å². The van der Waals surface area contributed by atoms with E-state index in [9.17, 15) is 4.79 Å². The minimum absolute atomic E-state index is 0.0687. The van der Waals surface area contributed by atoms with Crippen LogP contribution in [0.25, 0.3) is 0 Å². The summed E-state index contributed by atoms with van der Waals surface area (Å²) in [5.41, 5.74) is 0.850. The summed E-state index contributed by atoms with van der Waals surface area (Å²) in [6.45, 7) is 7.90. The first-order valence-electron chi connectivity index (χ1n) is 9.55. The molecule has 0 spiro atoms. The summed E-state index contributed by atoms with van der Waals surface area (Å²) >= 11 is 0. The Labute approximate surface area is 162 Å². The van der Waals surface area contributed by atoms with E-state index in [0.29, 0.717) is 13.1 Å². The second kappa shape index (κ2) is 10.9. The van der Waals surface area contributed by atoms with Gasteiger partial charge in [-0.05, 0) is 26.9 Å². The van der Waals surface area contributed by atoms with Gasteiger partial charge in [0.15, 0.2) is 5.96 Å². The number of likely N-dealkylation sites (N-methyl/N-ethyl adjacent to an activating group) is 1. The van der Waals surface area contributed by atoms with Gasteiger partial charge >= 0.3 is 0 Å². The van der Waals surface area contributed by atoms with E-state index in [2.05, 4.69) is 22.4 Å². The summed E-state index contributed by atoms with van der Waals surface area (Å²) in [5.74, 6) is 0.885. The zero-order valence-corrected chi connectivity index (χ0v) is 17.0. The number of aromatic nitrogens is 2. The molecule has 0 aliphatic carbocycles. The number of hydrogen-bond donors (Lipinski definition) is 1. The molecule has 1 N–H and O–H groups in total. The lowest BCUT2D eigenvalue weighted by Crippen LogP contribution is -2.55. The Morgan fingerprint density at radius 1 is 1.41 bits per heavy atom. The first-order valence-corrected chi connectivity index (χ1v) is 9.55. The monoisotopic (exact) mass is 379 g/mol. The summed E-state index contributed by atoms with van der Waals surface area (Å²) in [4.78, 5) is 23.4. The Morgan fingerprint density at radius 3 is 2.85 bits per heavy atom. The van der Waals surface area contributed by atoms with Gasteiger partial charge in [-0.2, -0.15) is 5.10 Å². The number of nitrogens with zero attached hydrogens (tertiary/aromatic N) is 6. The first-order chi connectivity index (χ1) is 13.0. The average Bonchev–Trinajstić information content (AvgIpc) is 3.08. The van der Waals surface area contributed by atoms with Crippen LogP contribution < -0.4 is 10.2 Å². The normalized spacial score (nSPS) is 15.7. The van der Waals surface area contributed by atoms with Crippen LogP contribution in [0.4, 0.5) is 5.69 Å². The summed E-state index contributed by atoms with van der Waals surface area (Å²) in [6.07, 6.45) is 4.57. The van der Waals surface area contributed by atoms with E-state index in [4.69, 9.17) is 9.73 Å². The van der Waals surface area contributed by atoms with E-state index >= 15 is 0 Å². The van der Waals surface area contributed by atoms with Crippen LogP contribution in [-0.4, -0.2) is 98.0 Å². The van der Waals surface area contributed by atoms with Gasteiger partial charge in [0.2, 0.25) is 5.91 Å². The maximum Gasteiger partial charge on any atom is 0.246 e. The fraction of sp³-hybridized carbons (Fsp3) is 0.722. The largest absolute Gasteiger partial charge is 0.383 e. The van der Waals surface area contributed by atoms with Crippen LogP contribution in [0.3, 0.4) is 0 Å². The SMILES string of the molecule is CCNC(=NCCCN(C)CCOC)N1CCN(c2cnn(C)c2)C(=O)C1. The van der Waals surface area contributed by atoms with Gasteiger partial charge in [0, 0.05) is 53.1 Å². The van der Waals surface area contributed by atoms with Crippen molar-refractivity contribution in [1.82, 2.24) is 24.9 Å². The van der Waals surface area contributed by atoms with Gasteiger partial charge in [-0.3, -0.25) is 14.5 Å². The Bertz CT molecular complexity index is 617. The predicted molar refractivity (Wildman–Crippen MR) is 107 cm³/mol. The van der Waals surface area contributed by atoms with Crippen LogP contribution in [0.15, 0.2) is 17.4 Å². The summed E-state index contributed by atoms with van der Waals surface area (Å²) < 4.78 is 6.81. The Kier molecular flexibility index (Phi) is 8.53. The quantitative estimate of drug-likeness (QED) is 0.370. The van der Waals surface area contributed by atoms with Crippen molar-refractivity contribution in [3.63, 3.8) is 0 Å². The molecule has 0 bridgehead atoms. The van der Waals surface area contributed by atoms with Crippen molar-refractivity contribution in [3.8, 4) is 0 Å². The molecule has 1 aliphatic rings. The van der Waals surface area contributed by atoms with E-state index in [-0.39, 0.29) is 5.91 Å². The molecule has 27 heavy (non-hydrogen) atoms.